The van der Waals surface area contributed by atoms with E-state index in [2.05, 4.69) is 0 Å². The van der Waals surface area contributed by atoms with E-state index in [1.54, 1.807) is 0 Å². The van der Waals surface area contributed by atoms with Gasteiger partial charge in [0.25, 0.3) is 0 Å². The van der Waals surface area contributed by atoms with Crippen LogP contribution in [0.5, 0.6) is 11.5 Å². The van der Waals surface area contributed by atoms with Gasteiger partial charge in [0.15, 0.2) is 0 Å². The van der Waals surface area contributed by atoms with Crippen LogP contribution in [0.25, 0.3) is 0 Å². The van der Waals surface area contributed by atoms with Gasteiger partial charge in [0.05, 0.1) is 6.61 Å². The summed E-state index contributed by atoms with van der Waals surface area (Å²) in [4.78, 5) is 0. The number of aliphatic hydroxyl groups excluding tert-OH is 4. The minimum Gasteiger partial charge on any atom is -0.508 e. The average molecular weight is 272 g/mol. The fraction of sp³-hybridized carbons (Fsp3) is 0.500. The molecule has 1 aliphatic rings. The zero-order valence-corrected chi connectivity index (χ0v) is 9.96. The Labute approximate surface area is 109 Å². The molecule has 1 fully saturated rings. The van der Waals surface area contributed by atoms with Gasteiger partial charge in [-0.2, -0.15) is 0 Å². The smallest absolute Gasteiger partial charge is 0.229 e. The predicted molar refractivity (Wildman–Crippen MR) is 62.5 cm³/mol. The summed E-state index contributed by atoms with van der Waals surface area (Å²) in [6, 6.07) is 5.69. The van der Waals surface area contributed by atoms with E-state index in [0.717, 1.165) is 0 Å². The highest BCUT2D eigenvalue weighted by atomic mass is 16.7. The van der Waals surface area contributed by atoms with Gasteiger partial charge in [-0.1, -0.05) is 0 Å². The van der Waals surface area contributed by atoms with Crippen LogP contribution in [-0.4, -0.2) is 62.8 Å². The molecule has 0 unspecified atom stereocenters. The molecule has 0 aliphatic carbocycles. The molecule has 19 heavy (non-hydrogen) atoms. The quantitative estimate of drug-likeness (QED) is 0.457. The predicted octanol–water partition coefficient (Wildman–Crippen LogP) is -1.43. The normalized spacial score (nSPS) is 35.1. The number of aliphatic hydroxyl groups is 4. The highest BCUT2D eigenvalue weighted by Gasteiger charge is 2.44. The van der Waals surface area contributed by atoms with Crippen molar-refractivity contribution in [3.8, 4) is 11.5 Å². The molecule has 1 heterocycles. The van der Waals surface area contributed by atoms with Crippen LogP contribution in [0.2, 0.25) is 0 Å². The van der Waals surface area contributed by atoms with Crippen LogP contribution in [0.15, 0.2) is 24.3 Å². The molecular formula is C12H16O7. The first-order valence-corrected chi connectivity index (χ1v) is 5.79. The summed E-state index contributed by atoms with van der Waals surface area (Å²) in [7, 11) is 0. The summed E-state index contributed by atoms with van der Waals surface area (Å²) >= 11 is 0. The van der Waals surface area contributed by atoms with E-state index in [0.29, 0.717) is 5.75 Å². The lowest BCUT2D eigenvalue weighted by atomic mass is 9.99. The molecule has 0 saturated carbocycles. The average Bonchev–Trinajstić information content (AvgIpc) is 2.42. The molecule has 7 heteroatoms. The molecule has 1 aliphatic heterocycles. The Morgan fingerprint density at radius 3 is 2.21 bits per heavy atom. The zero-order chi connectivity index (χ0) is 14.0. The number of aromatic hydroxyl groups is 1. The first-order valence-electron chi connectivity index (χ1n) is 5.79. The summed E-state index contributed by atoms with van der Waals surface area (Å²) in [6.45, 7) is -0.514. The second-order valence-corrected chi connectivity index (χ2v) is 4.31. The van der Waals surface area contributed by atoms with Crippen LogP contribution >= 0.6 is 0 Å². The van der Waals surface area contributed by atoms with Gasteiger partial charge in [-0.3, -0.25) is 0 Å². The first-order chi connectivity index (χ1) is 9.02. The number of ether oxygens (including phenoxy) is 2. The summed E-state index contributed by atoms with van der Waals surface area (Å²) < 4.78 is 10.5. The van der Waals surface area contributed by atoms with Gasteiger partial charge in [-0.05, 0) is 24.3 Å². The number of phenolic OH excluding ortho intramolecular Hbond substituents is 1. The SMILES string of the molecule is OC[C@H]1O[C@H](Oc2ccc(O)cc2)[C@@H](O)[C@@H](O)[C@H]1O. The van der Waals surface area contributed by atoms with Crippen molar-refractivity contribution in [3.05, 3.63) is 24.3 Å². The number of phenols is 1. The Bertz CT molecular complexity index is 405. The second-order valence-electron chi connectivity index (χ2n) is 4.31. The van der Waals surface area contributed by atoms with Gasteiger partial charge in [-0.15, -0.1) is 0 Å². The molecule has 5 atom stereocenters. The van der Waals surface area contributed by atoms with Gasteiger partial charge in [0.1, 0.15) is 35.9 Å². The van der Waals surface area contributed by atoms with E-state index in [9.17, 15) is 15.3 Å². The fourth-order valence-electron chi connectivity index (χ4n) is 1.82. The number of hydrogen-bond acceptors (Lipinski definition) is 7. The van der Waals surface area contributed by atoms with Crippen molar-refractivity contribution in [2.24, 2.45) is 0 Å². The minimum absolute atomic E-state index is 0.0566. The van der Waals surface area contributed by atoms with E-state index < -0.39 is 37.3 Å². The topological polar surface area (TPSA) is 120 Å². The maximum Gasteiger partial charge on any atom is 0.229 e. The van der Waals surface area contributed by atoms with Crippen LogP contribution in [0, 0.1) is 0 Å². The summed E-state index contributed by atoms with van der Waals surface area (Å²) in [5, 5.41) is 47.1. The molecule has 0 spiro atoms. The molecule has 1 aromatic rings. The zero-order valence-electron chi connectivity index (χ0n) is 9.96. The van der Waals surface area contributed by atoms with Crippen LogP contribution in [0.4, 0.5) is 0 Å². The number of rotatable bonds is 3. The molecule has 106 valence electrons. The van der Waals surface area contributed by atoms with E-state index in [-0.39, 0.29) is 5.75 Å². The lowest BCUT2D eigenvalue weighted by Gasteiger charge is -2.39. The molecule has 0 amide bonds. The van der Waals surface area contributed by atoms with E-state index in [1.165, 1.54) is 24.3 Å². The molecule has 1 aromatic carbocycles. The highest BCUT2D eigenvalue weighted by molar-refractivity contribution is 5.30. The van der Waals surface area contributed by atoms with Gasteiger partial charge in [0.2, 0.25) is 6.29 Å². The van der Waals surface area contributed by atoms with Crippen molar-refractivity contribution in [1.82, 2.24) is 0 Å². The molecular weight excluding hydrogens is 256 g/mol. The van der Waals surface area contributed by atoms with E-state index in [4.69, 9.17) is 19.7 Å². The molecule has 1 saturated heterocycles. The molecule has 0 bridgehead atoms. The molecule has 0 radical (unpaired) electrons. The standard InChI is InChI=1S/C12H16O7/c13-5-8-9(15)10(16)11(17)12(19-8)18-7-3-1-6(14)2-4-7/h1-4,8-17H,5H2/t8-,9+,10+,11+,12+/m1/s1. The Hall–Kier alpha value is -1.38. The van der Waals surface area contributed by atoms with Crippen molar-refractivity contribution < 1.29 is 35.0 Å². The van der Waals surface area contributed by atoms with Crippen LogP contribution in [0.3, 0.4) is 0 Å². The van der Waals surface area contributed by atoms with Crippen molar-refractivity contribution in [2.45, 2.75) is 30.7 Å². The summed E-state index contributed by atoms with van der Waals surface area (Å²) in [5.74, 6) is 0.364. The Balaban J connectivity index is 2.08. The monoisotopic (exact) mass is 272 g/mol. The fourth-order valence-corrected chi connectivity index (χ4v) is 1.82. The van der Waals surface area contributed by atoms with Crippen molar-refractivity contribution in [3.63, 3.8) is 0 Å². The molecule has 2 rings (SSSR count). The second kappa shape index (κ2) is 5.72. The van der Waals surface area contributed by atoms with Gasteiger partial charge in [0, 0.05) is 0 Å². The summed E-state index contributed by atoms with van der Waals surface area (Å²) in [6.07, 6.45) is -6.58. The lowest BCUT2D eigenvalue weighted by molar-refractivity contribution is -0.277. The first kappa shape index (κ1) is 14.0. The van der Waals surface area contributed by atoms with Crippen molar-refractivity contribution >= 4 is 0 Å². The minimum atomic E-state index is -1.48. The highest BCUT2D eigenvalue weighted by Crippen LogP contribution is 2.25. The van der Waals surface area contributed by atoms with Crippen LogP contribution in [-0.2, 0) is 4.74 Å². The third-order valence-electron chi connectivity index (χ3n) is 2.94. The number of hydrogen-bond donors (Lipinski definition) is 5. The number of benzene rings is 1. The molecule has 0 aromatic heterocycles. The molecule has 5 N–H and O–H groups in total. The van der Waals surface area contributed by atoms with Gasteiger partial charge >= 0.3 is 0 Å². The van der Waals surface area contributed by atoms with Crippen molar-refractivity contribution in [2.75, 3.05) is 6.61 Å². The Morgan fingerprint density at radius 1 is 1.00 bits per heavy atom. The Kier molecular flexibility index (Phi) is 4.23. The van der Waals surface area contributed by atoms with E-state index >= 15 is 0 Å². The lowest BCUT2D eigenvalue weighted by Crippen LogP contribution is -2.60. The summed E-state index contributed by atoms with van der Waals surface area (Å²) in [5.41, 5.74) is 0. The third-order valence-corrected chi connectivity index (χ3v) is 2.94. The van der Waals surface area contributed by atoms with Gasteiger partial charge < -0.3 is 35.0 Å². The maximum absolute atomic E-state index is 9.75. The maximum atomic E-state index is 9.75. The Morgan fingerprint density at radius 2 is 1.63 bits per heavy atom. The van der Waals surface area contributed by atoms with Gasteiger partial charge in [-0.25, -0.2) is 0 Å². The van der Waals surface area contributed by atoms with Crippen LogP contribution < -0.4 is 4.74 Å². The third kappa shape index (κ3) is 2.96. The largest absolute Gasteiger partial charge is 0.508 e. The van der Waals surface area contributed by atoms with Crippen molar-refractivity contribution in [1.29, 1.82) is 0 Å². The van der Waals surface area contributed by atoms with Crippen LogP contribution in [0.1, 0.15) is 0 Å². The van der Waals surface area contributed by atoms with E-state index in [1.807, 2.05) is 0 Å². The molecule has 7 nitrogen and oxygen atoms in total.